The third kappa shape index (κ3) is 5.81. The molecular formula is C21H17ClN2O2S. The second-order valence-corrected chi connectivity index (χ2v) is 6.57. The van der Waals surface area contributed by atoms with Crippen molar-refractivity contribution in [2.45, 2.75) is 6.61 Å². The predicted molar refractivity (Wildman–Crippen MR) is 112 cm³/mol. The first kappa shape index (κ1) is 18.9. The molecule has 2 N–H and O–H groups in total. The van der Waals surface area contributed by atoms with Crippen molar-refractivity contribution in [2.24, 2.45) is 0 Å². The maximum atomic E-state index is 12.4. The van der Waals surface area contributed by atoms with E-state index in [1.165, 1.54) is 0 Å². The lowest BCUT2D eigenvalue weighted by Crippen LogP contribution is -2.34. The van der Waals surface area contributed by atoms with E-state index in [1.54, 1.807) is 36.4 Å². The Labute approximate surface area is 168 Å². The highest BCUT2D eigenvalue weighted by molar-refractivity contribution is 7.80. The first-order chi connectivity index (χ1) is 13.1. The van der Waals surface area contributed by atoms with Gasteiger partial charge in [-0.1, -0.05) is 54.1 Å². The molecule has 0 unspecified atom stereocenters. The van der Waals surface area contributed by atoms with Crippen LogP contribution in [0.4, 0.5) is 5.69 Å². The third-order valence-corrected chi connectivity index (χ3v) is 4.09. The third-order valence-electron chi connectivity index (χ3n) is 3.65. The number of carbonyl (C=O) groups excluding carboxylic acids is 1. The molecule has 0 heterocycles. The van der Waals surface area contributed by atoms with Gasteiger partial charge in [0, 0.05) is 16.3 Å². The molecule has 3 rings (SSSR count). The van der Waals surface area contributed by atoms with Crippen LogP contribution in [0.1, 0.15) is 15.9 Å². The second kappa shape index (κ2) is 9.16. The molecule has 6 heteroatoms. The summed E-state index contributed by atoms with van der Waals surface area (Å²) in [7, 11) is 0. The number of carbonyl (C=O) groups is 1. The molecule has 0 aliphatic carbocycles. The Hall–Kier alpha value is -2.89. The lowest BCUT2D eigenvalue weighted by Gasteiger charge is -2.11. The minimum atomic E-state index is -0.320. The highest BCUT2D eigenvalue weighted by Gasteiger charge is 2.09. The molecule has 0 atom stereocenters. The van der Waals surface area contributed by atoms with Crippen molar-refractivity contribution in [2.75, 3.05) is 5.32 Å². The van der Waals surface area contributed by atoms with Gasteiger partial charge in [0.2, 0.25) is 0 Å². The smallest absolute Gasteiger partial charge is 0.257 e. The zero-order valence-corrected chi connectivity index (χ0v) is 15.9. The summed E-state index contributed by atoms with van der Waals surface area (Å²) >= 11 is 11.1. The molecule has 3 aromatic rings. The Morgan fingerprint density at radius 2 is 1.74 bits per heavy atom. The minimum absolute atomic E-state index is 0.192. The average Bonchev–Trinajstić information content (AvgIpc) is 2.67. The molecule has 136 valence electrons. The molecule has 0 spiro atoms. The molecule has 0 aliphatic heterocycles. The monoisotopic (exact) mass is 396 g/mol. The van der Waals surface area contributed by atoms with Crippen LogP contribution in [0, 0.1) is 0 Å². The summed E-state index contributed by atoms with van der Waals surface area (Å²) in [6, 6.07) is 23.9. The lowest BCUT2D eigenvalue weighted by molar-refractivity contribution is 0.0977. The van der Waals surface area contributed by atoms with Crippen LogP contribution in [-0.2, 0) is 6.61 Å². The van der Waals surface area contributed by atoms with Gasteiger partial charge >= 0.3 is 0 Å². The maximum Gasteiger partial charge on any atom is 0.257 e. The Morgan fingerprint density at radius 3 is 2.52 bits per heavy atom. The number of anilines is 1. The van der Waals surface area contributed by atoms with Gasteiger partial charge in [-0.2, -0.15) is 0 Å². The summed E-state index contributed by atoms with van der Waals surface area (Å²) in [5.41, 5.74) is 2.21. The van der Waals surface area contributed by atoms with Crippen molar-refractivity contribution in [3.63, 3.8) is 0 Å². The Balaban J connectivity index is 1.58. The van der Waals surface area contributed by atoms with Gasteiger partial charge in [0.15, 0.2) is 5.11 Å². The summed E-state index contributed by atoms with van der Waals surface area (Å²) < 4.78 is 5.75. The molecular weight excluding hydrogens is 380 g/mol. The van der Waals surface area contributed by atoms with E-state index < -0.39 is 0 Å². The summed E-state index contributed by atoms with van der Waals surface area (Å²) in [6.07, 6.45) is 0. The Bertz CT molecular complexity index is 948. The van der Waals surface area contributed by atoms with Crippen molar-refractivity contribution in [3.05, 3.63) is 95.0 Å². The van der Waals surface area contributed by atoms with Crippen LogP contribution in [0.25, 0.3) is 0 Å². The predicted octanol–water partition coefficient (Wildman–Crippen LogP) is 5.05. The van der Waals surface area contributed by atoms with E-state index in [0.717, 1.165) is 5.56 Å². The van der Waals surface area contributed by atoms with Crippen molar-refractivity contribution in [3.8, 4) is 5.75 Å². The normalized spacial score (nSPS) is 10.1. The van der Waals surface area contributed by atoms with Crippen molar-refractivity contribution in [1.82, 2.24) is 5.32 Å². The zero-order chi connectivity index (χ0) is 19.1. The van der Waals surface area contributed by atoms with Gasteiger partial charge in [-0.3, -0.25) is 10.1 Å². The summed E-state index contributed by atoms with van der Waals surface area (Å²) in [6.45, 7) is 0.431. The Morgan fingerprint density at radius 1 is 0.963 bits per heavy atom. The number of hydrogen-bond donors (Lipinski definition) is 2. The standard InChI is InChI=1S/C21H17ClN2O2S/c22-17-9-5-10-18(13-17)23-21(27)24-20(25)16-8-4-11-19(12-16)26-14-15-6-2-1-3-7-15/h1-13H,14H2,(H2,23,24,25,27). The fraction of sp³-hybridized carbons (Fsp3) is 0.0476. The van der Waals surface area contributed by atoms with Crippen LogP contribution in [-0.4, -0.2) is 11.0 Å². The topological polar surface area (TPSA) is 50.4 Å². The number of thiocarbonyl (C=S) groups is 1. The van der Waals surface area contributed by atoms with Crippen molar-refractivity contribution < 1.29 is 9.53 Å². The number of rotatable bonds is 5. The van der Waals surface area contributed by atoms with E-state index in [1.807, 2.05) is 42.5 Å². The first-order valence-corrected chi connectivity index (χ1v) is 9.03. The van der Waals surface area contributed by atoms with E-state index in [9.17, 15) is 4.79 Å². The molecule has 27 heavy (non-hydrogen) atoms. The van der Waals surface area contributed by atoms with Gasteiger partial charge in [-0.15, -0.1) is 0 Å². The van der Waals surface area contributed by atoms with Crippen LogP contribution in [0.5, 0.6) is 5.75 Å². The van der Waals surface area contributed by atoms with E-state index in [2.05, 4.69) is 10.6 Å². The number of benzene rings is 3. The number of hydrogen-bond acceptors (Lipinski definition) is 3. The minimum Gasteiger partial charge on any atom is -0.489 e. The highest BCUT2D eigenvalue weighted by atomic mass is 35.5. The first-order valence-electron chi connectivity index (χ1n) is 8.25. The molecule has 0 fully saturated rings. The van der Waals surface area contributed by atoms with Crippen molar-refractivity contribution >= 4 is 40.5 Å². The SMILES string of the molecule is O=C(NC(=S)Nc1cccc(Cl)c1)c1cccc(OCc2ccccc2)c1. The lowest BCUT2D eigenvalue weighted by atomic mass is 10.2. The van der Waals surface area contributed by atoms with Gasteiger partial charge in [0.25, 0.3) is 5.91 Å². The summed E-state index contributed by atoms with van der Waals surface area (Å²) in [5, 5.41) is 6.35. The van der Waals surface area contributed by atoms with Crippen LogP contribution in [0.15, 0.2) is 78.9 Å². The summed E-state index contributed by atoms with van der Waals surface area (Å²) in [5.74, 6) is 0.292. The molecule has 0 aromatic heterocycles. The van der Waals surface area contributed by atoms with E-state index in [4.69, 9.17) is 28.6 Å². The van der Waals surface area contributed by atoms with Crippen LogP contribution < -0.4 is 15.4 Å². The van der Waals surface area contributed by atoms with Crippen LogP contribution in [0.2, 0.25) is 5.02 Å². The largest absolute Gasteiger partial charge is 0.489 e. The zero-order valence-electron chi connectivity index (χ0n) is 14.3. The van der Waals surface area contributed by atoms with Crippen LogP contribution in [0.3, 0.4) is 0 Å². The molecule has 4 nitrogen and oxygen atoms in total. The molecule has 1 amide bonds. The number of halogens is 1. The highest BCUT2D eigenvalue weighted by Crippen LogP contribution is 2.16. The van der Waals surface area contributed by atoms with Gasteiger partial charge < -0.3 is 10.1 Å². The molecule has 3 aromatic carbocycles. The Kier molecular flexibility index (Phi) is 6.41. The van der Waals surface area contributed by atoms with Crippen LogP contribution >= 0.6 is 23.8 Å². The van der Waals surface area contributed by atoms with Gasteiger partial charge in [-0.25, -0.2) is 0 Å². The number of ether oxygens (including phenoxy) is 1. The second-order valence-electron chi connectivity index (χ2n) is 5.72. The fourth-order valence-electron chi connectivity index (χ4n) is 2.37. The number of nitrogens with one attached hydrogen (secondary N) is 2. The van der Waals surface area contributed by atoms with Gasteiger partial charge in [0.05, 0.1) is 0 Å². The maximum absolute atomic E-state index is 12.4. The van der Waals surface area contributed by atoms with Crippen molar-refractivity contribution in [1.29, 1.82) is 0 Å². The molecule has 0 saturated heterocycles. The molecule has 0 radical (unpaired) electrons. The quantitative estimate of drug-likeness (QED) is 0.593. The van der Waals surface area contributed by atoms with E-state index in [0.29, 0.717) is 28.6 Å². The molecule has 0 aliphatic rings. The van der Waals surface area contributed by atoms with Gasteiger partial charge in [0.1, 0.15) is 12.4 Å². The van der Waals surface area contributed by atoms with E-state index >= 15 is 0 Å². The number of amides is 1. The fourth-order valence-corrected chi connectivity index (χ4v) is 2.77. The van der Waals surface area contributed by atoms with Gasteiger partial charge in [-0.05, 0) is 54.2 Å². The summed E-state index contributed by atoms with van der Waals surface area (Å²) in [4.78, 5) is 12.4. The average molecular weight is 397 g/mol. The molecule has 0 saturated carbocycles. The molecule has 0 bridgehead atoms. The van der Waals surface area contributed by atoms with E-state index in [-0.39, 0.29) is 11.0 Å².